The van der Waals surface area contributed by atoms with Gasteiger partial charge in [-0.3, -0.25) is 4.79 Å². The van der Waals surface area contributed by atoms with Crippen molar-refractivity contribution >= 4 is 0 Å². The average Bonchev–Trinajstić information content (AvgIpc) is 2.28. The van der Waals surface area contributed by atoms with Gasteiger partial charge < -0.3 is 10.5 Å². The van der Waals surface area contributed by atoms with Gasteiger partial charge in [-0.1, -0.05) is 19.8 Å². The third-order valence-corrected chi connectivity index (χ3v) is 2.55. The Morgan fingerprint density at radius 3 is 2.82 bits per heavy atom. The molecule has 1 rings (SSSR count). The van der Waals surface area contributed by atoms with E-state index in [4.69, 9.17) is 5.26 Å². The van der Waals surface area contributed by atoms with Crippen LogP contribution in [0.5, 0.6) is 5.88 Å². The van der Waals surface area contributed by atoms with Crippen LogP contribution in [0.15, 0.2) is 10.9 Å². The number of nitrogens with one attached hydrogen (secondary N) is 1. The van der Waals surface area contributed by atoms with Gasteiger partial charge in [-0.05, 0) is 18.9 Å². The van der Waals surface area contributed by atoms with Crippen molar-refractivity contribution in [1.29, 1.82) is 5.26 Å². The minimum atomic E-state index is -0.351. The van der Waals surface area contributed by atoms with Crippen LogP contribution in [0.3, 0.4) is 0 Å². The zero-order valence-electron chi connectivity index (χ0n) is 10.2. The Bertz CT molecular complexity index is 486. The van der Waals surface area contributed by atoms with Gasteiger partial charge >= 0.3 is 0 Å². The minimum Gasteiger partial charge on any atom is -0.492 e. The highest BCUT2D eigenvalue weighted by Gasteiger charge is 2.11. The first-order valence-corrected chi connectivity index (χ1v) is 5.71. The van der Waals surface area contributed by atoms with Crippen LogP contribution in [-0.4, -0.2) is 16.3 Å². The number of aromatic hydroxyl groups is 1. The van der Waals surface area contributed by atoms with Crippen molar-refractivity contribution in [2.75, 3.05) is 12.0 Å². The van der Waals surface area contributed by atoms with Gasteiger partial charge in [0.05, 0.1) is 0 Å². The Morgan fingerprint density at radius 2 is 2.24 bits per heavy atom. The fourth-order valence-corrected chi connectivity index (χ4v) is 1.57. The maximum absolute atomic E-state index is 11.6. The van der Waals surface area contributed by atoms with E-state index in [0.717, 1.165) is 23.9 Å². The molecular weight excluding hydrogens is 218 g/mol. The number of aromatic nitrogens is 1. The van der Waals surface area contributed by atoms with E-state index in [9.17, 15) is 9.90 Å². The quantitative estimate of drug-likeness (QED) is 0.757. The van der Waals surface area contributed by atoms with E-state index in [1.165, 1.54) is 6.07 Å². The van der Waals surface area contributed by atoms with Crippen molar-refractivity contribution in [3.63, 3.8) is 0 Å². The Kier molecular flexibility index (Phi) is 4.58. The second kappa shape index (κ2) is 5.94. The molecule has 5 heteroatoms. The summed E-state index contributed by atoms with van der Waals surface area (Å²) in [4.78, 5) is 11.6. The number of pyridine rings is 1. The number of nitriles is 1. The SMILES string of the molecule is CCCCCNn1c(O)c(C#N)c(C)cc1=O. The Balaban J connectivity index is 2.93. The van der Waals surface area contributed by atoms with E-state index in [1.54, 1.807) is 6.92 Å². The van der Waals surface area contributed by atoms with Crippen LogP contribution in [-0.2, 0) is 0 Å². The summed E-state index contributed by atoms with van der Waals surface area (Å²) in [6.45, 7) is 4.31. The maximum Gasteiger partial charge on any atom is 0.272 e. The number of hydrogen-bond acceptors (Lipinski definition) is 4. The van der Waals surface area contributed by atoms with Gasteiger partial charge in [-0.25, -0.2) is 0 Å². The molecule has 2 N–H and O–H groups in total. The summed E-state index contributed by atoms with van der Waals surface area (Å²) in [6, 6.07) is 3.22. The molecule has 92 valence electrons. The number of nitrogens with zero attached hydrogens (tertiary/aromatic N) is 2. The number of hydrogen-bond donors (Lipinski definition) is 2. The van der Waals surface area contributed by atoms with Gasteiger partial charge in [0.25, 0.3) is 5.56 Å². The van der Waals surface area contributed by atoms with Crippen molar-refractivity contribution in [1.82, 2.24) is 4.68 Å². The molecule has 1 aromatic heterocycles. The molecule has 0 aliphatic heterocycles. The molecule has 0 saturated heterocycles. The third-order valence-electron chi connectivity index (χ3n) is 2.55. The first kappa shape index (κ1) is 13.1. The standard InChI is InChI=1S/C12H17N3O2/c1-3-4-5-6-14-15-11(16)7-9(2)10(8-13)12(15)17/h7,14,17H,3-6H2,1-2H3. The molecule has 0 radical (unpaired) electrons. The lowest BCUT2D eigenvalue weighted by Gasteiger charge is -2.12. The topological polar surface area (TPSA) is 78.0 Å². The molecule has 0 atom stereocenters. The second-order valence-electron chi connectivity index (χ2n) is 3.93. The van der Waals surface area contributed by atoms with Gasteiger partial charge in [0.2, 0.25) is 5.88 Å². The van der Waals surface area contributed by atoms with Crippen LogP contribution >= 0.6 is 0 Å². The van der Waals surface area contributed by atoms with Gasteiger partial charge in [0.15, 0.2) is 0 Å². The summed E-state index contributed by atoms with van der Waals surface area (Å²) in [5.74, 6) is -0.311. The molecule has 17 heavy (non-hydrogen) atoms. The number of rotatable bonds is 5. The summed E-state index contributed by atoms with van der Waals surface area (Å²) in [5.41, 5.74) is 3.09. The van der Waals surface area contributed by atoms with Crippen LogP contribution in [0.4, 0.5) is 0 Å². The second-order valence-corrected chi connectivity index (χ2v) is 3.93. The first-order chi connectivity index (χ1) is 8.11. The van der Waals surface area contributed by atoms with E-state index in [-0.39, 0.29) is 17.0 Å². The highest BCUT2D eigenvalue weighted by molar-refractivity contribution is 5.44. The molecule has 0 fully saturated rings. The monoisotopic (exact) mass is 235 g/mol. The summed E-state index contributed by atoms with van der Waals surface area (Å²) >= 11 is 0. The smallest absolute Gasteiger partial charge is 0.272 e. The summed E-state index contributed by atoms with van der Waals surface area (Å²) in [5, 5.41) is 18.7. The fraction of sp³-hybridized carbons (Fsp3) is 0.500. The van der Waals surface area contributed by atoms with E-state index in [2.05, 4.69) is 12.3 Å². The van der Waals surface area contributed by atoms with E-state index < -0.39 is 0 Å². The van der Waals surface area contributed by atoms with Gasteiger partial charge in [-0.15, -0.1) is 0 Å². The molecule has 0 bridgehead atoms. The third kappa shape index (κ3) is 3.00. The Morgan fingerprint density at radius 1 is 1.53 bits per heavy atom. The Labute approximate surface area is 100 Å². The lowest BCUT2D eigenvalue weighted by Crippen LogP contribution is -2.30. The maximum atomic E-state index is 11.6. The summed E-state index contributed by atoms with van der Waals surface area (Å²) < 4.78 is 1.03. The molecule has 0 amide bonds. The predicted octanol–water partition coefficient (Wildman–Crippen LogP) is 1.47. The molecule has 1 aromatic rings. The molecule has 1 heterocycles. The van der Waals surface area contributed by atoms with Gasteiger partial charge in [-0.2, -0.15) is 9.94 Å². The predicted molar refractivity (Wildman–Crippen MR) is 65.6 cm³/mol. The van der Waals surface area contributed by atoms with Crippen molar-refractivity contribution in [3.8, 4) is 11.9 Å². The van der Waals surface area contributed by atoms with Crippen LogP contribution in [0.25, 0.3) is 0 Å². The molecule has 0 saturated carbocycles. The molecular formula is C12H17N3O2. The highest BCUT2D eigenvalue weighted by Crippen LogP contribution is 2.15. The summed E-state index contributed by atoms with van der Waals surface area (Å²) in [6.07, 6.45) is 3.05. The zero-order chi connectivity index (χ0) is 12.8. The van der Waals surface area contributed by atoms with Gasteiger partial charge in [0, 0.05) is 12.6 Å². The molecule has 0 aliphatic carbocycles. The van der Waals surface area contributed by atoms with Crippen LogP contribution < -0.4 is 11.0 Å². The summed E-state index contributed by atoms with van der Waals surface area (Å²) in [7, 11) is 0. The zero-order valence-corrected chi connectivity index (χ0v) is 10.2. The van der Waals surface area contributed by atoms with E-state index >= 15 is 0 Å². The van der Waals surface area contributed by atoms with Crippen LogP contribution in [0.2, 0.25) is 0 Å². The van der Waals surface area contributed by atoms with Crippen molar-refractivity contribution in [2.24, 2.45) is 0 Å². The van der Waals surface area contributed by atoms with E-state index in [0.29, 0.717) is 12.1 Å². The molecule has 0 aromatic carbocycles. The molecule has 0 spiro atoms. The molecule has 0 unspecified atom stereocenters. The van der Waals surface area contributed by atoms with E-state index in [1.807, 2.05) is 6.07 Å². The van der Waals surface area contributed by atoms with Gasteiger partial charge in [0.1, 0.15) is 11.6 Å². The molecule has 5 nitrogen and oxygen atoms in total. The Hall–Kier alpha value is -1.96. The lowest BCUT2D eigenvalue weighted by molar-refractivity contribution is 0.420. The fourth-order valence-electron chi connectivity index (χ4n) is 1.57. The number of unbranched alkanes of at least 4 members (excludes halogenated alkanes) is 2. The van der Waals surface area contributed by atoms with Crippen molar-refractivity contribution < 1.29 is 5.11 Å². The lowest BCUT2D eigenvalue weighted by atomic mass is 10.2. The van der Waals surface area contributed by atoms with Crippen molar-refractivity contribution in [3.05, 3.63) is 27.5 Å². The minimum absolute atomic E-state index is 0.132. The number of aryl methyl sites for hydroxylation is 1. The van der Waals surface area contributed by atoms with Crippen LogP contribution in [0, 0.1) is 18.3 Å². The largest absolute Gasteiger partial charge is 0.492 e. The first-order valence-electron chi connectivity index (χ1n) is 5.71. The highest BCUT2D eigenvalue weighted by atomic mass is 16.3. The van der Waals surface area contributed by atoms with Crippen molar-refractivity contribution in [2.45, 2.75) is 33.1 Å². The average molecular weight is 235 g/mol. The molecule has 0 aliphatic rings. The van der Waals surface area contributed by atoms with Crippen LogP contribution in [0.1, 0.15) is 37.3 Å². The normalized spacial score (nSPS) is 9.94.